The van der Waals surface area contributed by atoms with Crippen molar-refractivity contribution in [3.05, 3.63) is 28.0 Å². The highest BCUT2D eigenvalue weighted by molar-refractivity contribution is 9.10. The van der Waals surface area contributed by atoms with E-state index < -0.39 is 0 Å². The molecule has 1 amide bonds. The number of anilines is 1. The fraction of sp³-hybridized carbons (Fsp3) is 0.500. The zero-order chi connectivity index (χ0) is 13.7. The molecule has 0 radical (unpaired) electrons. The van der Waals surface area contributed by atoms with Crippen molar-refractivity contribution in [3.63, 3.8) is 0 Å². The number of carbonyl (C=O) groups is 1. The van der Waals surface area contributed by atoms with Crippen LogP contribution in [-0.2, 0) is 4.79 Å². The van der Waals surface area contributed by atoms with Crippen LogP contribution in [0.1, 0.15) is 38.7 Å². The summed E-state index contributed by atoms with van der Waals surface area (Å²) in [7, 11) is 0. The predicted octanol–water partition coefficient (Wildman–Crippen LogP) is 4.66. The first kappa shape index (κ1) is 15.2. The summed E-state index contributed by atoms with van der Waals surface area (Å²) in [4.78, 5) is 11.9. The van der Waals surface area contributed by atoms with E-state index in [9.17, 15) is 9.18 Å². The first-order chi connectivity index (χ1) is 8.45. The lowest BCUT2D eigenvalue weighted by Crippen LogP contribution is -2.20. The van der Waals surface area contributed by atoms with Crippen molar-refractivity contribution in [2.45, 2.75) is 40.0 Å². The number of halogens is 2. The minimum absolute atomic E-state index is 0.00921. The van der Waals surface area contributed by atoms with Gasteiger partial charge < -0.3 is 5.32 Å². The molecular weight excluding hydrogens is 297 g/mol. The van der Waals surface area contributed by atoms with Gasteiger partial charge in [-0.2, -0.15) is 0 Å². The van der Waals surface area contributed by atoms with Crippen molar-refractivity contribution in [1.29, 1.82) is 0 Å². The van der Waals surface area contributed by atoms with Crippen molar-refractivity contribution >= 4 is 27.5 Å². The smallest absolute Gasteiger partial charge is 0.227 e. The molecule has 0 heterocycles. The maximum absolute atomic E-state index is 13.3. The Balaban J connectivity index is 2.72. The van der Waals surface area contributed by atoms with Gasteiger partial charge in [0.1, 0.15) is 5.82 Å². The molecule has 0 saturated carbocycles. The lowest BCUT2D eigenvalue weighted by Gasteiger charge is -2.14. The van der Waals surface area contributed by atoms with E-state index in [2.05, 4.69) is 28.2 Å². The first-order valence-corrected chi connectivity index (χ1v) is 7.01. The van der Waals surface area contributed by atoms with Crippen LogP contribution in [0.2, 0.25) is 0 Å². The number of nitrogens with one attached hydrogen (secondary N) is 1. The third kappa shape index (κ3) is 4.09. The highest BCUT2D eigenvalue weighted by Gasteiger charge is 2.14. The summed E-state index contributed by atoms with van der Waals surface area (Å²) in [5.41, 5.74) is 1.39. The molecule has 1 N–H and O–H groups in total. The highest BCUT2D eigenvalue weighted by atomic mass is 79.9. The molecule has 0 fully saturated rings. The van der Waals surface area contributed by atoms with Gasteiger partial charge in [-0.3, -0.25) is 4.79 Å². The Morgan fingerprint density at radius 1 is 1.50 bits per heavy atom. The average Bonchev–Trinajstić information content (AvgIpc) is 2.32. The molecule has 100 valence electrons. The van der Waals surface area contributed by atoms with Gasteiger partial charge in [0.15, 0.2) is 0 Å². The van der Waals surface area contributed by atoms with E-state index in [0.717, 1.165) is 24.8 Å². The molecule has 1 atom stereocenters. The summed E-state index contributed by atoms with van der Waals surface area (Å²) in [6.07, 6.45) is 3.00. The lowest BCUT2D eigenvalue weighted by atomic mass is 10.0. The minimum Gasteiger partial charge on any atom is -0.326 e. The fourth-order valence-corrected chi connectivity index (χ4v) is 2.02. The van der Waals surface area contributed by atoms with E-state index in [4.69, 9.17) is 0 Å². The molecule has 0 bridgehead atoms. The molecule has 2 nitrogen and oxygen atoms in total. The van der Waals surface area contributed by atoms with Crippen molar-refractivity contribution in [2.24, 2.45) is 5.92 Å². The Morgan fingerprint density at radius 2 is 2.17 bits per heavy atom. The van der Waals surface area contributed by atoms with Crippen LogP contribution in [0.15, 0.2) is 16.6 Å². The SMILES string of the molecule is CCCCC(C)C(=O)Nc1cc(Br)c(F)cc1C. The van der Waals surface area contributed by atoms with Crippen LogP contribution >= 0.6 is 15.9 Å². The fourth-order valence-electron chi connectivity index (χ4n) is 1.68. The third-order valence-electron chi connectivity index (χ3n) is 2.96. The third-order valence-corrected chi connectivity index (χ3v) is 3.57. The van der Waals surface area contributed by atoms with Gasteiger partial charge in [-0.05, 0) is 47.0 Å². The lowest BCUT2D eigenvalue weighted by molar-refractivity contribution is -0.119. The number of rotatable bonds is 5. The summed E-state index contributed by atoms with van der Waals surface area (Å²) >= 11 is 3.12. The molecule has 0 saturated heterocycles. The average molecular weight is 316 g/mol. The molecule has 4 heteroatoms. The second-order valence-electron chi connectivity index (χ2n) is 4.61. The van der Waals surface area contributed by atoms with Crippen LogP contribution in [0.3, 0.4) is 0 Å². The van der Waals surface area contributed by atoms with Crippen LogP contribution in [0.25, 0.3) is 0 Å². The van der Waals surface area contributed by atoms with Gasteiger partial charge in [0.05, 0.1) is 4.47 Å². The molecule has 1 aromatic rings. The Kier molecular flexibility index (Phi) is 5.79. The Bertz CT molecular complexity index is 434. The molecule has 18 heavy (non-hydrogen) atoms. The van der Waals surface area contributed by atoms with Crippen LogP contribution in [0.4, 0.5) is 10.1 Å². The van der Waals surface area contributed by atoms with Crippen LogP contribution in [0.5, 0.6) is 0 Å². The number of carbonyl (C=O) groups excluding carboxylic acids is 1. The largest absolute Gasteiger partial charge is 0.326 e. The van der Waals surface area contributed by atoms with Crippen LogP contribution in [0, 0.1) is 18.7 Å². The summed E-state index contributed by atoms with van der Waals surface area (Å²) in [6.45, 7) is 5.80. The minimum atomic E-state index is -0.315. The normalized spacial score (nSPS) is 12.3. The maximum Gasteiger partial charge on any atom is 0.227 e. The van der Waals surface area contributed by atoms with Crippen molar-refractivity contribution in [2.75, 3.05) is 5.32 Å². The molecule has 1 rings (SSSR count). The van der Waals surface area contributed by atoms with Gasteiger partial charge in [-0.25, -0.2) is 4.39 Å². The Hall–Kier alpha value is -0.900. The van der Waals surface area contributed by atoms with Gasteiger partial charge in [0.2, 0.25) is 5.91 Å². The quantitative estimate of drug-likeness (QED) is 0.841. The number of unbranched alkanes of at least 4 members (excludes halogenated alkanes) is 1. The van der Waals surface area contributed by atoms with Crippen LogP contribution < -0.4 is 5.32 Å². The molecule has 1 aromatic carbocycles. The zero-order valence-electron chi connectivity index (χ0n) is 11.0. The number of aryl methyl sites for hydroxylation is 1. The first-order valence-electron chi connectivity index (χ1n) is 6.22. The van der Waals surface area contributed by atoms with Gasteiger partial charge in [-0.15, -0.1) is 0 Å². The number of hydrogen-bond donors (Lipinski definition) is 1. The van der Waals surface area contributed by atoms with Crippen molar-refractivity contribution in [1.82, 2.24) is 0 Å². The molecule has 1 unspecified atom stereocenters. The standard InChI is InChI=1S/C14H19BrFNO/c1-4-5-6-9(2)14(18)17-13-8-11(15)12(16)7-10(13)3/h7-9H,4-6H2,1-3H3,(H,17,18). The molecular formula is C14H19BrFNO. The molecule has 0 aliphatic heterocycles. The second kappa shape index (κ2) is 6.88. The summed E-state index contributed by atoms with van der Waals surface area (Å²) in [5.74, 6) is -0.345. The van der Waals surface area contributed by atoms with Gasteiger partial charge >= 0.3 is 0 Å². The van der Waals surface area contributed by atoms with E-state index in [-0.39, 0.29) is 17.6 Å². The molecule has 0 spiro atoms. The van der Waals surface area contributed by atoms with E-state index in [1.165, 1.54) is 6.07 Å². The number of hydrogen-bond acceptors (Lipinski definition) is 1. The summed E-state index contributed by atoms with van der Waals surface area (Å²) in [5, 5.41) is 2.85. The Morgan fingerprint density at radius 3 is 2.78 bits per heavy atom. The van der Waals surface area contributed by atoms with E-state index in [0.29, 0.717) is 10.2 Å². The molecule has 0 aromatic heterocycles. The Labute approximate surface area is 116 Å². The number of benzene rings is 1. The second-order valence-corrected chi connectivity index (χ2v) is 5.47. The highest BCUT2D eigenvalue weighted by Crippen LogP contribution is 2.25. The summed E-state index contributed by atoms with van der Waals surface area (Å²) in [6, 6.07) is 3.02. The van der Waals surface area contributed by atoms with Gasteiger partial charge in [-0.1, -0.05) is 26.7 Å². The summed E-state index contributed by atoms with van der Waals surface area (Å²) < 4.78 is 13.6. The number of amides is 1. The predicted molar refractivity (Wildman–Crippen MR) is 76.2 cm³/mol. The maximum atomic E-state index is 13.3. The molecule has 0 aliphatic rings. The van der Waals surface area contributed by atoms with Crippen molar-refractivity contribution < 1.29 is 9.18 Å². The molecule has 0 aliphatic carbocycles. The van der Waals surface area contributed by atoms with E-state index in [1.54, 1.807) is 13.0 Å². The zero-order valence-corrected chi connectivity index (χ0v) is 12.6. The monoisotopic (exact) mass is 315 g/mol. The van der Waals surface area contributed by atoms with Gasteiger partial charge in [0, 0.05) is 11.6 Å². The van der Waals surface area contributed by atoms with E-state index >= 15 is 0 Å². The topological polar surface area (TPSA) is 29.1 Å². The van der Waals surface area contributed by atoms with Crippen molar-refractivity contribution in [3.8, 4) is 0 Å². The van der Waals surface area contributed by atoms with Gasteiger partial charge in [0.25, 0.3) is 0 Å². The van der Waals surface area contributed by atoms with Crippen LogP contribution in [-0.4, -0.2) is 5.91 Å². The van der Waals surface area contributed by atoms with E-state index in [1.807, 2.05) is 6.92 Å².